The van der Waals surface area contributed by atoms with E-state index in [1.165, 1.54) is 0 Å². The fourth-order valence-corrected chi connectivity index (χ4v) is 5.06. The van der Waals surface area contributed by atoms with Gasteiger partial charge in [0.25, 0.3) is 0 Å². The lowest BCUT2D eigenvalue weighted by Gasteiger charge is -2.33. The molecule has 1 aliphatic heterocycles. The molecule has 0 radical (unpaired) electrons. The van der Waals surface area contributed by atoms with Crippen LogP contribution in [0.15, 0.2) is 29.2 Å². The molecule has 1 aromatic carbocycles. The molecule has 2 aliphatic rings. The zero-order valence-corrected chi connectivity index (χ0v) is 12.8. The van der Waals surface area contributed by atoms with Crippen LogP contribution in [0, 0.1) is 0 Å². The van der Waals surface area contributed by atoms with Gasteiger partial charge in [0.1, 0.15) is 0 Å². The molecule has 0 atom stereocenters. The summed E-state index contributed by atoms with van der Waals surface area (Å²) in [6.45, 7) is 1.78. The minimum absolute atomic E-state index is 0.118. The van der Waals surface area contributed by atoms with Crippen molar-refractivity contribution in [3.05, 3.63) is 29.3 Å². The van der Waals surface area contributed by atoms with E-state index in [0.29, 0.717) is 9.92 Å². The molecule has 110 valence electrons. The zero-order valence-electron chi connectivity index (χ0n) is 11.3. The molecule has 4 nitrogen and oxygen atoms in total. The molecule has 3 rings (SSSR count). The molecule has 1 saturated heterocycles. The van der Waals surface area contributed by atoms with E-state index in [1.807, 2.05) is 0 Å². The van der Waals surface area contributed by atoms with E-state index >= 15 is 0 Å². The summed E-state index contributed by atoms with van der Waals surface area (Å²) in [4.78, 5) is 0.315. The predicted molar refractivity (Wildman–Crippen MR) is 79.4 cm³/mol. The number of rotatable bonds is 4. The Morgan fingerprint density at radius 3 is 2.35 bits per heavy atom. The highest BCUT2D eigenvalue weighted by atomic mass is 35.5. The molecule has 0 aromatic heterocycles. The molecular formula is C14H19ClN2O2S. The van der Waals surface area contributed by atoms with Gasteiger partial charge in [-0.1, -0.05) is 17.7 Å². The van der Waals surface area contributed by atoms with Crippen molar-refractivity contribution in [2.24, 2.45) is 0 Å². The summed E-state index contributed by atoms with van der Waals surface area (Å²) in [6, 6.07) is 6.88. The zero-order chi connectivity index (χ0) is 14.2. The number of hydrogen-bond donors (Lipinski definition) is 1. The summed E-state index contributed by atoms with van der Waals surface area (Å²) >= 11 is 5.94. The maximum Gasteiger partial charge on any atom is 0.243 e. The van der Waals surface area contributed by atoms with E-state index in [9.17, 15) is 8.42 Å². The van der Waals surface area contributed by atoms with Crippen molar-refractivity contribution in [1.82, 2.24) is 9.62 Å². The van der Waals surface area contributed by atoms with Gasteiger partial charge in [0.2, 0.25) is 10.0 Å². The number of halogens is 1. The quantitative estimate of drug-likeness (QED) is 0.927. The topological polar surface area (TPSA) is 49.4 Å². The van der Waals surface area contributed by atoms with E-state index in [4.69, 9.17) is 11.6 Å². The normalized spacial score (nSPS) is 21.3. The molecule has 1 saturated carbocycles. The number of hydrogen-bond acceptors (Lipinski definition) is 3. The van der Waals surface area contributed by atoms with Crippen LogP contribution in [-0.4, -0.2) is 37.9 Å². The number of sulfonamides is 1. The van der Waals surface area contributed by atoms with E-state index in [2.05, 4.69) is 5.32 Å². The van der Waals surface area contributed by atoms with Gasteiger partial charge in [-0.05, 0) is 57.0 Å². The lowest BCUT2D eigenvalue weighted by atomic mass is 10.1. The second-order valence-electron chi connectivity index (χ2n) is 5.50. The summed E-state index contributed by atoms with van der Waals surface area (Å²) in [5.41, 5.74) is 0. The van der Waals surface area contributed by atoms with Gasteiger partial charge in [0.15, 0.2) is 0 Å². The van der Waals surface area contributed by atoms with Crippen LogP contribution in [0.3, 0.4) is 0 Å². The summed E-state index contributed by atoms with van der Waals surface area (Å²) in [5, 5.41) is 3.75. The number of benzene rings is 1. The van der Waals surface area contributed by atoms with Crippen molar-refractivity contribution in [1.29, 1.82) is 0 Å². The maximum atomic E-state index is 12.9. The fraction of sp³-hybridized carbons (Fsp3) is 0.571. The van der Waals surface area contributed by atoms with Gasteiger partial charge in [-0.3, -0.25) is 0 Å². The van der Waals surface area contributed by atoms with Crippen LogP contribution in [0.5, 0.6) is 0 Å². The van der Waals surface area contributed by atoms with Crippen LogP contribution in [0.4, 0.5) is 0 Å². The first-order chi connectivity index (χ1) is 9.59. The summed E-state index contributed by atoms with van der Waals surface area (Å²) in [6.07, 6.45) is 3.72. The van der Waals surface area contributed by atoms with Crippen LogP contribution in [-0.2, 0) is 10.0 Å². The lowest BCUT2D eigenvalue weighted by Crippen LogP contribution is -2.47. The predicted octanol–water partition coefficient (Wildman–Crippen LogP) is 2.25. The highest BCUT2D eigenvalue weighted by Crippen LogP contribution is 2.36. The molecule has 1 N–H and O–H groups in total. The molecule has 0 bridgehead atoms. The van der Waals surface area contributed by atoms with Crippen LogP contribution in [0.25, 0.3) is 0 Å². The van der Waals surface area contributed by atoms with E-state index in [0.717, 1.165) is 38.8 Å². The minimum Gasteiger partial charge on any atom is -0.317 e. The van der Waals surface area contributed by atoms with Gasteiger partial charge >= 0.3 is 0 Å². The lowest BCUT2D eigenvalue weighted by molar-refractivity contribution is 0.255. The van der Waals surface area contributed by atoms with Gasteiger partial charge in [0, 0.05) is 17.1 Å². The van der Waals surface area contributed by atoms with Gasteiger partial charge in [-0.15, -0.1) is 0 Å². The minimum atomic E-state index is -3.44. The Hall–Kier alpha value is -0.620. The Labute approximate surface area is 125 Å². The largest absolute Gasteiger partial charge is 0.317 e. The smallest absolute Gasteiger partial charge is 0.243 e. The molecule has 0 unspecified atom stereocenters. The van der Waals surface area contributed by atoms with Gasteiger partial charge in [0.05, 0.1) is 4.90 Å². The molecule has 20 heavy (non-hydrogen) atoms. The first kappa shape index (κ1) is 14.3. The average molecular weight is 315 g/mol. The third-order valence-corrected chi connectivity index (χ3v) is 6.18. The van der Waals surface area contributed by atoms with Crippen LogP contribution in [0.2, 0.25) is 5.02 Å². The molecule has 1 heterocycles. The molecular weight excluding hydrogens is 296 g/mol. The monoisotopic (exact) mass is 314 g/mol. The van der Waals surface area contributed by atoms with Crippen molar-refractivity contribution in [3.8, 4) is 0 Å². The second-order valence-corrected chi connectivity index (χ2v) is 7.78. The van der Waals surface area contributed by atoms with Crippen LogP contribution in [0.1, 0.15) is 25.7 Å². The molecule has 1 aliphatic carbocycles. The summed E-state index contributed by atoms with van der Waals surface area (Å²) < 4.78 is 27.6. The molecule has 2 fully saturated rings. The maximum absolute atomic E-state index is 12.9. The average Bonchev–Trinajstić information content (AvgIpc) is 3.24. The Morgan fingerprint density at radius 1 is 1.10 bits per heavy atom. The van der Waals surface area contributed by atoms with Gasteiger partial charge in [-0.25, -0.2) is 8.42 Å². The Balaban J connectivity index is 1.93. The number of nitrogens with zero attached hydrogens (tertiary/aromatic N) is 1. The SMILES string of the molecule is O=S(=O)(c1cccc(Cl)c1)N(C1CCNCC1)C1CC1. The van der Waals surface area contributed by atoms with Gasteiger partial charge < -0.3 is 5.32 Å². The Morgan fingerprint density at radius 2 is 1.75 bits per heavy atom. The highest BCUT2D eigenvalue weighted by Gasteiger charge is 2.42. The molecule has 0 spiro atoms. The van der Waals surface area contributed by atoms with Crippen molar-refractivity contribution < 1.29 is 8.42 Å². The summed E-state index contributed by atoms with van der Waals surface area (Å²) in [5.74, 6) is 0. The Kier molecular flexibility index (Phi) is 4.04. The fourth-order valence-electron chi connectivity index (χ4n) is 2.83. The number of piperidine rings is 1. The van der Waals surface area contributed by atoms with Crippen LogP contribution < -0.4 is 5.32 Å². The first-order valence-corrected chi connectivity index (χ1v) is 8.90. The van der Waals surface area contributed by atoms with E-state index < -0.39 is 10.0 Å². The number of nitrogens with one attached hydrogen (secondary N) is 1. The van der Waals surface area contributed by atoms with Gasteiger partial charge in [-0.2, -0.15) is 4.31 Å². The van der Waals surface area contributed by atoms with Crippen molar-refractivity contribution in [3.63, 3.8) is 0 Å². The summed E-state index contributed by atoms with van der Waals surface area (Å²) in [7, 11) is -3.44. The second kappa shape index (κ2) is 5.64. The van der Waals surface area contributed by atoms with Crippen LogP contribution >= 0.6 is 11.6 Å². The highest BCUT2D eigenvalue weighted by molar-refractivity contribution is 7.89. The first-order valence-electron chi connectivity index (χ1n) is 7.09. The standard InChI is InChI=1S/C14H19ClN2O2S/c15-11-2-1-3-14(10-11)20(18,19)17(12-4-5-12)13-6-8-16-9-7-13/h1-3,10,12-13,16H,4-9H2. The van der Waals surface area contributed by atoms with E-state index in [-0.39, 0.29) is 12.1 Å². The molecule has 6 heteroatoms. The van der Waals surface area contributed by atoms with Crippen molar-refractivity contribution in [2.75, 3.05) is 13.1 Å². The van der Waals surface area contributed by atoms with Crippen molar-refractivity contribution in [2.45, 2.75) is 42.7 Å². The molecule has 0 amide bonds. The van der Waals surface area contributed by atoms with Crippen molar-refractivity contribution >= 4 is 21.6 Å². The third kappa shape index (κ3) is 2.86. The Bertz CT molecular complexity index is 581. The molecule has 1 aromatic rings. The third-order valence-electron chi connectivity index (χ3n) is 3.95. The van der Waals surface area contributed by atoms with E-state index in [1.54, 1.807) is 28.6 Å².